The van der Waals surface area contributed by atoms with Crippen LogP contribution in [0.5, 0.6) is 0 Å². The molecule has 1 unspecified atom stereocenters. The normalized spacial score (nSPS) is 11.6. The zero-order valence-corrected chi connectivity index (χ0v) is 14.1. The minimum atomic E-state index is -0.126. The molecule has 4 heteroatoms. The van der Waals surface area contributed by atoms with Crippen molar-refractivity contribution >= 4 is 11.7 Å². The second-order valence-corrected chi connectivity index (χ2v) is 5.88. The van der Waals surface area contributed by atoms with Crippen molar-refractivity contribution in [1.82, 2.24) is 10.3 Å². The number of aromatic nitrogens is 1. The third-order valence-corrected chi connectivity index (χ3v) is 3.99. The zero-order chi connectivity index (χ0) is 17.5. The summed E-state index contributed by atoms with van der Waals surface area (Å²) in [6.45, 7) is 2.67. The van der Waals surface area contributed by atoms with Crippen molar-refractivity contribution in [3.8, 4) is 0 Å². The summed E-state index contributed by atoms with van der Waals surface area (Å²) in [6, 6.07) is 23.6. The number of nitrogens with zero attached hydrogens (tertiary/aromatic N) is 1. The van der Waals surface area contributed by atoms with Gasteiger partial charge in [-0.1, -0.05) is 60.7 Å². The van der Waals surface area contributed by atoms with Gasteiger partial charge in [-0.3, -0.25) is 4.79 Å². The molecule has 1 aromatic heterocycles. The third-order valence-electron chi connectivity index (χ3n) is 3.99. The van der Waals surface area contributed by atoms with Crippen LogP contribution in [0.25, 0.3) is 0 Å². The van der Waals surface area contributed by atoms with E-state index in [1.54, 1.807) is 12.3 Å². The van der Waals surface area contributed by atoms with E-state index in [1.807, 2.05) is 61.5 Å². The Kier molecular flexibility index (Phi) is 5.42. The summed E-state index contributed by atoms with van der Waals surface area (Å²) in [7, 11) is 0. The largest absolute Gasteiger partial charge is 0.366 e. The highest BCUT2D eigenvalue weighted by molar-refractivity contribution is 5.94. The summed E-state index contributed by atoms with van der Waals surface area (Å²) in [5, 5.41) is 6.24. The van der Waals surface area contributed by atoms with Crippen molar-refractivity contribution in [3.63, 3.8) is 0 Å². The summed E-state index contributed by atoms with van der Waals surface area (Å²) in [6.07, 6.45) is 1.60. The van der Waals surface area contributed by atoms with Crippen molar-refractivity contribution in [3.05, 3.63) is 95.7 Å². The Hall–Kier alpha value is -3.14. The highest BCUT2D eigenvalue weighted by atomic mass is 16.1. The molecule has 1 atom stereocenters. The summed E-state index contributed by atoms with van der Waals surface area (Å²) in [5.41, 5.74) is 2.81. The molecule has 4 nitrogen and oxygen atoms in total. The lowest BCUT2D eigenvalue weighted by atomic mass is 10.1. The van der Waals surface area contributed by atoms with Crippen molar-refractivity contribution in [2.24, 2.45) is 0 Å². The lowest BCUT2D eigenvalue weighted by Crippen LogP contribution is -2.26. The minimum absolute atomic E-state index is 0.0513. The molecule has 3 rings (SSSR count). The zero-order valence-electron chi connectivity index (χ0n) is 14.1. The number of hydrogen-bond donors (Lipinski definition) is 2. The Morgan fingerprint density at radius 3 is 2.28 bits per heavy atom. The van der Waals surface area contributed by atoms with Crippen molar-refractivity contribution < 1.29 is 4.79 Å². The number of pyridine rings is 1. The fourth-order valence-electron chi connectivity index (χ4n) is 2.53. The predicted octanol–water partition coefficient (Wildman–Crippen LogP) is 4.18. The SMILES string of the molecule is CC(NC(=O)c1ccc(NCc2ccccc2)nc1)c1ccccc1. The van der Waals surface area contributed by atoms with Crippen molar-refractivity contribution in [2.45, 2.75) is 19.5 Å². The number of rotatable bonds is 6. The summed E-state index contributed by atoms with van der Waals surface area (Å²) >= 11 is 0. The topological polar surface area (TPSA) is 54.0 Å². The molecule has 0 saturated heterocycles. The van der Waals surface area contributed by atoms with Crippen LogP contribution < -0.4 is 10.6 Å². The first kappa shape index (κ1) is 16.7. The molecule has 0 fully saturated rings. The Morgan fingerprint density at radius 1 is 0.960 bits per heavy atom. The van der Waals surface area contributed by atoms with Crippen LogP contribution in [-0.4, -0.2) is 10.9 Å². The summed E-state index contributed by atoms with van der Waals surface area (Å²) in [5.74, 6) is 0.620. The highest BCUT2D eigenvalue weighted by Crippen LogP contribution is 2.13. The molecule has 0 bridgehead atoms. The molecule has 0 aliphatic carbocycles. The summed E-state index contributed by atoms with van der Waals surface area (Å²) < 4.78 is 0. The Balaban J connectivity index is 1.57. The van der Waals surface area contributed by atoms with Crippen LogP contribution in [0.1, 0.15) is 34.5 Å². The van der Waals surface area contributed by atoms with E-state index in [0.29, 0.717) is 12.1 Å². The number of hydrogen-bond acceptors (Lipinski definition) is 3. The van der Waals surface area contributed by atoms with E-state index in [4.69, 9.17) is 0 Å². The van der Waals surface area contributed by atoms with Gasteiger partial charge in [0, 0.05) is 12.7 Å². The number of carbonyl (C=O) groups is 1. The van der Waals surface area contributed by atoms with E-state index < -0.39 is 0 Å². The molecule has 0 aliphatic rings. The Morgan fingerprint density at radius 2 is 1.64 bits per heavy atom. The maximum absolute atomic E-state index is 12.3. The second-order valence-electron chi connectivity index (χ2n) is 5.88. The molecule has 0 spiro atoms. The molecule has 2 N–H and O–H groups in total. The molecule has 3 aromatic rings. The molecule has 0 radical (unpaired) electrons. The van der Waals surface area contributed by atoms with Gasteiger partial charge in [-0.25, -0.2) is 4.98 Å². The number of amides is 1. The van der Waals surface area contributed by atoms with E-state index >= 15 is 0 Å². The van der Waals surface area contributed by atoms with Gasteiger partial charge in [0.2, 0.25) is 0 Å². The van der Waals surface area contributed by atoms with Gasteiger partial charge in [-0.05, 0) is 30.2 Å². The van der Waals surface area contributed by atoms with Crippen molar-refractivity contribution in [1.29, 1.82) is 0 Å². The molecular formula is C21H21N3O. The molecular weight excluding hydrogens is 310 g/mol. The number of nitrogens with one attached hydrogen (secondary N) is 2. The van der Waals surface area contributed by atoms with Gasteiger partial charge in [0.1, 0.15) is 5.82 Å². The van der Waals surface area contributed by atoms with Crippen LogP contribution in [0.15, 0.2) is 79.0 Å². The fraction of sp³-hybridized carbons (Fsp3) is 0.143. The minimum Gasteiger partial charge on any atom is -0.366 e. The van der Waals surface area contributed by atoms with Crippen LogP contribution in [0.3, 0.4) is 0 Å². The third kappa shape index (κ3) is 4.67. The first-order valence-electron chi connectivity index (χ1n) is 8.32. The van der Waals surface area contributed by atoms with E-state index in [2.05, 4.69) is 27.8 Å². The predicted molar refractivity (Wildman–Crippen MR) is 100 cm³/mol. The first-order valence-corrected chi connectivity index (χ1v) is 8.32. The average molecular weight is 331 g/mol. The molecule has 2 aromatic carbocycles. The molecule has 0 saturated carbocycles. The molecule has 25 heavy (non-hydrogen) atoms. The van der Waals surface area contributed by atoms with Gasteiger partial charge in [0.15, 0.2) is 0 Å². The molecule has 1 amide bonds. The Labute approximate surface area is 147 Å². The highest BCUT2D eigenvalue weighted by Gasteiger charge is 2.11. The van der Waals surface area contributed by atoms with Gasteiger partial charge in [-0.2, -0.15) is 0 Å². The monoisotopic (exact) mass is 331 g/mol. The fourth-order valence-corrected chi connectivity index (χ4v) is 2.53. The van der Waals surface area contributed by atoms with E-state index in [-0.39, 0.29) is 11.9 Å². The van der Waals surface area contributed by atoms with Crippen LogP contribution in [0.4, 0.5) is 5.82 Å². The number of benzene rings is 2. The van der Waals surface area contributed by atoms with E-state index in [1.165, 1.54) is 5.56 Å². The van der Waals surface area contributed by atoms with Crippen LogP contribution in [-0.2, 0) is 6.54 Å². The molecule has 126 valence electrons. The van der Waals surface area contributed by atoms with Crippen molar-refractivity contribution in [2.75, 3.05) is 5.32 Å². The van der Waals surface area contributed by atoms with Gasteiger partial charge in [0.05, 0.1) is 11.6 Å². The molecule has 0 aliphatic heterocycles. The van der Waals surface area contributed by atoms with Crippen LogP contribution in [0, 0.1) is 0 Å². The summed E-state index contributed by atoms with van der Waals surface area (Å²) in [4.78, 5) is 16.7. The van der Waals surface area contributed by atoms with E-state index in [9.17, 15) is 4.79 Å². The quantitative estimate of drug-likeness (QED) is 0.712. The average Bonchev–Trinajstić information content (AvgIpc) is 2.68. The van der Waals surface area contributed by atoms with Gasteiger partial charge in [-0.15, -0.1) is 0 Å². The number of carbonyl (C=O) groups excluding carboxylic acids is 1. The Bertz CT molecular complexity index is 802. The molecule has 1 heterocycles. The lowest BCUT2D eigenvalue weighted by Gasteiger charge is -2.14. The maximum atomic E-state index is 12.3. The smallest absolute Gasteiger partial charge is 0.253 e. The standard InChI is InChI=1S/C21H21N3O/c1-16(18-10-6-3-7-11-18)24-21(25)19-12-13-20(23-15-19)22-14-17-8-4-2-5-9-17/h2-13,15-16H,14H2,1H3,(H,22,23)(H,24,25). The first-order chi connectivity index (χ1) is 12.2. The second kappa shape index (κ2) is 8.11. The van der Waals surface area contributed by atoms with Gasteiger partial charge < -0.3 is 10.6 Å². The van der Waals surface area contributed by atoms with Crippen LogP contribution >= 0.6 is 0 Å². The van der Waals surface area contributed by atoms with Gasteiger partial charge >= 0.3 is 0 Å². The lowest BCUT2D eigenvalue weighted by molar-refractivity contribution is 0.0939. The number of anilines is 1. The maximum Gasteiger partial charge on any atom is 0.253 e. The van der Waals surface area contributed by atoms with Crippen LogP contribution in [0.2, 0.25) is 0 Å². The van der Waals surface area contributed by atoms with E-state index in [0.717, 1.165) is 11.4 Å². The van der Waals surface area contributed by atoms with Gasteiger partial charge in [0.25, 0.3) is 5.91 Å².